The molecule has 1 fully saturated rings. The number of rotatable bonds is 7. The van der Waals surface area contributed by atoms with Crippen molar-refractivity contribution in [1.82, 2.24) is 16.0 Å². The molecule has 1 amide bonds. The van der Waals surface area contributed by atoms with E-state index in [0.29, 0.717) is 18.6 Å². The SMILES string of the molecule is CN=C(NCC(=O)NC(C)(C)C)NCc1ccc(OC2CCCC2)c(OC)c1.I. The van der Waals surface area contributed by atoms with Crippen LogP contribution in [-0.4, -0.2) is 44.2 Å². The second kappa shape index (κ2) is 12.1. The van der Waals surface area contributed by atoms with Gasteiger partial charge in [0.2, 0.25) is 5.91 Å². The molecule has 0 atom stereocenters. The molecule has 0 aliphatic heterocycles. The zero-order valence-corrected chi connectivity index (χ0v) is 20.5. The van der Waals surface area contributed by atoms with Gasteiger partial charge in [-0.05, 0) is 64.2 Å². The molecular formula is C21H35IN4O3. The predicted octanol–water partition coefficient (Wildman–Crippen LogP) is 3.21. The number of hydrogen-bond acceptors (Lipinski definition) is 4. The van der Waals surface area contributed by atoms with Gasteiger partial charge in [-0.2, -0.15) is 0 Å². The van der Waals surface area contributed by atoms with Gasteiger partial charge < -0.3 is 25.4 Å². The van der Waals surface area contributed by atoms with E-state index in [-0.39, 0.29) is 42.0 Å². The summed E-state index contributed by atoms with van der Waals surface area (Å²) in [5, 5.41) is 9.14. The largest absolute Gasteiger partial charge is 0.493 e. The van der Waals surface area contributed by atoms with Gasteiger partial charge in [0.05, 0.1) is 19.8 Å². The molecule has 0 aromatic heterocycles. The molecule has 0 unspecified atom stereocenters. The number of carbonyl (C=O) groups excluding carboxylic acids is 1. The van der Waals surface area contributed by atoms with Crippen molar-refractivity contribution in [3.05, 3.63) is 23.8 Å². The highest BCUT2D eigenvalue weighted by molar-refractivity contribution is 14.0. The molecule has 1 aliphatic carbocycles. The summed E-state index contributed by atoms with van der Waals surface area (Å²) in [6, 6.07) is 5.94. The maximum absolute atomic E-state index is 11.9. The van der Waals surface area contributed by atoms with Gasteiger partial charge >= 0.3 is 0 Å². The number of benzene rings is 1. The van der Waals surface area contributed by atoms with Gasteiger partial charge in [-0.3, -0.25) is 9.79 Å². The molecular weight excluding hydrogens is 483 g/mol. The topological polar surface area (TPSA) is 84.0 Å². The fourth-order valence-corrected chi connectivity index (χ4v) is 3.14. The summed E-state index contributed by atoms with van der Waals surface area (Å²) in [5.74, 6) is 2.01. The van der Waals surface area contributed by atoms with Crippen LogP contribution in [0.5, 0.6) is 11.5 Å². The van der Waals surface area contributed by atoms with E-state index < -0.39 is 0 Å². The number of guanidine groups is 1. The van der Waals surface area contributed by atoms with Crippen molar-refractivity contribution < 1.29 is 14.3 Å². The Morgan fingerprint density at radius 1 is 1.17 bits per heavy atom. The summed E-state index contributed by atoms with van der Waals surface area (Å²) in [4.78, 5) is 16.1. The molecule has 0 bridgehead atoms. The van der Waals surface area contributed by atoms with E-state index in [9.17, 15) is 4.79 Å². The zero-order valence-electron chi connectivity index (χ0n) is 18.1. The molecule has 0 saturated heterocycles. The Bertz CT molecular complexity index is 683. The normalized spacial score (nSPS) is 14.7. The Balaban J connectivity index is 0.00000420. The van der Waals surface area contributed by atoms with E-state index in [4.69, 9.17) is 9.47 Å². The quantitative estimate of drug-likeness (QED) is 0.294. The Kier molecular flexibility index (Phi) is 10.6. The van der Waals surface area contributed by atoms with Crippen molar-refractivity contribution in [3.8, 4) is 11.5 Å². The molecule has 0 heterocycles. The lowest BCUT2D eigenvalue weighted by Crippen LogP contribution is -2.48. The van der Waals surface area contributed by atoms with Crippen molar-refractivity contribution in [3.63, 3.8) is 0 Å². The van der Waals surface area contributed by atoms with Gasteiger partial charge in [-0.1, -0.05) is 6.07 Å². The number of nitrogens with one attached hydrogen (secondary N) is 3. The molecule has 29 heavy (non-hydrogen) atoms. The highest BCUT2D eigenvalue weighted by Crippen LogP contribution is 2.32. The minimum atomic E-state index is -0.255. The first kappa shape index (κ1) is 25.3. The molecule has 1 aromatic carbocycles. The van der Waals surface area contributed by atoms with Gasteiger partial charge in [0, 0.05) is 19.1 Å². The third-order valence-electron chi connectivity index (χ3n) is 4.44. The van der Waals surface area contributed by atoms with E-state index in [1.807, 2.05) is 39.0 Å². The van der Waals surface area contributed by atoms with Crippen molar-refractivity contribution in [1.29, 1.82) is 0 Å². The van der Waals surface area contributed by atoms with Gasteiger partial charge in [-0.15, -0.1) is 24.0 Å². The van der Waals surface area contributed by atoms with Crippen LogP contribution in [0.25, 0.3) is 0 Å². The fourth-order valence-electron chi connectivity index (χ4n) is 3.14. The molecule has 164 valence electrons. The molecule has 1 aromatic rings. The first-order valence-electron chi connectivity index (χ1n) is 9.90. The number of methoxy groups -OCH3 is 1. The third-order valence-corrected chi connectivity index (χ3v) is 4.44. The van der Waals surface area contributed by atoms with Crippen molar-refractivity contribution >= 4 is 35.8 Å². The lowest BCUT2D eigenvalue weighted by atomic mass is 10.1. The summed E-state index contributed by atoms with van der Waals surface area (Å²) < 4.78 is 11.6. The zero-order chi connectivity index (χ0) is 20.6. The van der Waals surface area contributed by atoms with Crippen LogP contribution < -0.4 is 25.4 Å². The Labute approximate surface area is 191 Å². The number of hydrogen-bond donors (Lipinski definition) is 3. The molecule has 1 saturated carbocycles. The van der Waals surface area contributed by atoms with Gasteiger partial charge in [0.25, 0.3) is 0 Å². The van der Waals surface area contributed by atoms with E-state index in [1.54, 1.807) is 14.2 Å². The van der Waals surface area contributed by atoms with Crippen LogP contribution >= 0.6 is 24.0 Å². The van der Waals surface area contributed by atoms with E-state index in [1.165, 1.54) is 12.8 Å². The number of amides is 1. The van der Waals surface area contributed by atoms with Crippen LogP contribution in [-0.2, 0) is 11.3 Å². The molecule has 7 nitrogen and oxygen atoms in total. The molecule has 0 spiro atoms. The summed E-state index contributed by atoms with van der Waals surface area (Å²) in [6.07, 6.45) is 4.97. The molecule has 3 N–H and O–H groups in total. The van der Waals surface area contributed by atoms with Gasteiger partial charge in [0.15, 0.2) is 17.5 Å². The highest BCUT2D eigenvalue weighted by Gasteiger charge is 2.18. The van der Waals surface area contributed by atoms with Crippen LogP contribution in [0.15, 0.2) is 23.2 Å². The maximum Gasteiger partial charge on any atom is 0.239 e. The molecule has 2 rings (SSSR count). The molecule has 1 aliphatic rings. The minimum Gasteiger partial charge on any atom is -0.493 e. The number of aliphatic imine (C=N–C) groups is 1. The van der Waals surface area contributed by atoms with Crippen LogP contribution in [0.3, 0.4) is 0 Å². The number of carbonyl (C=O) groups is 1. The van der Waals surface area contributed by atoms with Crippen LogP contribution in [0.2, 0.25) is 0 Å². The average molecular weight is 518 g/mol. The first-order chi connectivity index (χ1) is 13.3. The smallest absolute Gasteiger partial charge is 0.239 e. The standard InChI is InChI=1S/C21H34N4O3.HI/c1-21(2,3)25-19(26)14-24-20(22-4)23-13-15-10-11-17(18(12-15)27-5)28-16-8-6-7-9-16;/h10-12,16H,6-9,13-14H2,1-5H3,(H,25,26)(H2,22,23,24);1H. The minimum absolute atomic E-state index is 0. The summed E-state index contributed by atoms with van der Waals surface area (Å²) in [5.41, 5.74) is 0.784. The second-order valence-corrected chi connectivity index (χ2v) is 8.09. The number of nitrogens with zero attached hydrogens (tertiary/aromatic N) is 1. The highest BCUT2D eigenvalue weighted by atomic mass is 127. The Morgan fingerprint density at radius 2 is 1.86 bits per heavy atom. The lowest BCUT2D eigenvalue weighted by molar-refractivity contribution is -0.121. The van der Waals surface area contributed by atoms with E-state index in [0.717, 1.165) is 29.9 Å². The number of ether oxygens (including phenoxy) is 2. The summed E-state index contributed by atoms with van der Waals surface area (Å²) >= 11 is 0. The molecule has 0 radical (unpaired) electrons. The van der Waals surface area contributed by atoms with Crippen LogP contribution in [0.4, 0.5) is 0 Å². The van der Waals surface area contributed by atoms with Gasteiger partial charge in [-0.25, -0.2) is 0 Å². The van der Waals surface area contributed by atoms with Crippen LogP contribution in [0.1, 0.15) is 52.0 Å². The molecule has 8 heteroatoms. The van der Waals surface area contributed by atoms with Crippen molar-refractivity contribution in [2.75, 3.05) is 20.7 Å². The predicted molar refractivity (Wildman–Crippen MR) is 127 cm³/mol. The summed E-state index contributed by atoms with van der Waals surface area (Å²) in [6.45, 7) is 6.57. The fraction of sp³-hybridized carbons (Fsp3) is 0.619. The monoisotopic (exact) mass is 518 g/mol. The van der Waals surface area contributed by atoms with Crippen molar-refractivity contribution in [2.45, 2.75) is 64.6 Å². The lowest BCUT2D eigenvalue weighted by Gasteiger charge is -2.21. The van der Waals surface area contributed by atoms with E-state index >= 15 is 0 Å². The summed E-state index contributed by atoms with van der Waals surface area (Å²) in [7, 11) is 3.33. The van der Waals surface area contributed by atoms with Gasteiger partial charge in [0.1, 0.15) is 0 Å². The second-order valence-electron chi connectivity index (χ2n) is 8.09. The Hall–Kier alpha value is -1.71. The third kappa shape index (κ3) is 9.10. The maximum atomic E-state index is 11.9. The van der Waals surface area contributed by atoms with Crippen molar-refractivity contribution in [2.24, 2.45) is 4.99 Å². The average Bonchev–Trinajstić information content (AvgIpc) is 3.14. The first-order valence-corrected chi connectivity index (χ1v) is 9.90. The van der Waals surface area contributed by atoms with Crippen LogP contribution in [0, 0.1) is 0 Å². The van der Waals surface area contributed by atoms with E-state index in [2.05, 4.69) is 20.9 Å². The number of halogens is 1. The Morgan fingerprint density at radius 3 is 2.45 bits per heavy atom.